The quantitative estimate of drug-likeness (QED) is 0.366. The molecule has 1 aliphatic rings. The predicted octanol–water partition coefficient (Wildman–Crippen LogP) is 5.36. The number of aryl methyl sites for hydroxylation is 1. The van der Waals surface area contributed by atoms with Crippen LogP contribution in [0.5, 0.6) is 0 Å². The largest absolute Gasteiger partial charge is 0.310 e. The van der Waals surface area contributed by atoms with Gasteiger partial charge in [0.15, 0.2) is 11.0 Å². The molecule has 0 saturated heterocycles. The van der Waals surface area contributed by atoms with E-state index in [9.17, 15) is 4.79 Å². The first kappa shape index (κ1) is 22.4. The molecular formula is C26H28N6OS. The van der Waals surface area contributed by atoms with Gasteiger partial charge < -0.3 is 9.88 Å². The molecule has 7 nitrogen and oxygen atoms in total. The van der Waals surface area contributed by atoms with Gasteiger partial charge in [-0.1, -0.05) is 67.1 Å². The van der Waals surface area contributed by atoms with E-state index in [1.807, 2.05) is 70.9 Å². The number of hydrogen-bond acceptors (Lipinski definition) is 5. The van der Waals surface area contributed by atoms with Crippen molar-refractivity contribution in [2.45, 2.75) is 43.7 Å². The first-order valence-electron chi connectivity index (χ1n) is 11.6. The molecule has 0 spiro atoms. The summed E-state index contributed by atoms with van der Waals surface area (Å²) in [5.74, 6) is 2.11. The molecule has 0 atom stereocenters. The molecule has 0 bridgehead atoms. The summed E-state index contributed by atoms with van der Waals surface area (Å²) in [6.45, 7) is 2.06. The maximum absolute atomic E-state index is 12.9. The number of rotatable bonds is 7. The number of anilines is 1. The third kappa shape index (κ3) is 4.63. The molecule has 1 aliphatic carbocycles. The average molecular weight is 473 g/mol. The molecule has 1 fully saturated rings. The molecule has 34 heavy (non-hydrogen) atoms. The summed E-state index contributed by atoms with van der Waals surface area (Å²) in [6.07, 6.45) is 4.79. The van der Waals surface area contributed by atoms with Gasteiger partial charge in [0.05, 0.1) is 17.1 Å². The maximum atomic E-state index is 12.9. The van der Waals surface area contributed by atoms with Gasteiger partial charge in [0.2, 0.25) is 5.91 Å². The number of nitrogens with zero attached hydrogens (tertiary/aromatic N) is 5. The summed E-state index contributed by atoms with van der Waals surface area (Å²) in [5, 5.41) is 17.3. The van der Waals surface area contributed by atoms with Crippen molar-refractivity contribution in [1.29, 1.82) is 0 Å². The fourth-order valence-corrected chi connectivity index (χ4v) is 5.19. The number of carbonyl (C=O) groups excluding carboxylic acids is 1. The molecule has 8 heteroatoms. The number of thioether (sulfide) groups is 1. The Hall–Kier alpha value is -3.39. The van der Waals surface area contributed by atoms with Crippen LogP contribution in [-0.2, 0) is 11.8 Å². The van der Waals surface area contributed by atoms with E-state index in [0.717, 1.165) is 41.2 Å². The van der Waals surface area contributed by atoms with Gasteiger partial charge in [0.1, 0.15) is 5.82 Å². The van der Waals surface area contributed by atoms with Gasteiger partial charge in [-0.3, -0.25) is 4.79 Å². The molecular weight excluding hydrogens is 444 g/mol. The fourth-order valence-electron chi connectivity index (χ4n) is 4.48. The van der Waals surface area contributed by atoms with Gasteiger partial charge >= 0.3 is 0 Å². The van der Waals surface area contributed by atoms with Crippen molar-refractivity contribution in [2.75, 3.05) is 11.1 Å². The lowest BCUT2D eigenvalue weighted by atomic mass is 10.0. The minimum absolute atomic E-state index is 0.0968. The molecule has 1 amide bonds. The topological polar surface area (TPSA) is 77.6 Å². The van der Waals surface area contributed by atoms with Crippen LogP contribution in [0.15, 0.2) is 65.8 Å². The van der Waals surface area contributed by atoms with Crippen LogP contribution >= 0.6 is 11.8 Å². The van der Waals surface area contributed by atoms with E-state index in [-0.39, 0.29) is 11.7 Å². The van der Waals surface area contributed by atoms with E-state index in [1.54, 1.807) is 0 Å². The zero-order valence-corrected chi connectivity index (χ0v) is 20.3. The SMILES string of the molecule is Cc1ccccc1-c1nnc(SCC(=O)Nc2cc(C3CCCC3)nn2-c2ccccc2)n1C. The van der Waals surface area contributed by atoms with Gasteiger partial charge in [0.25, 0.3) is 0 Å². The second-order valence-electron chi connectivity index (χ2n) is 8.70. The van der Waals surface area contributed by atoms with Crippen molar-refractivity contribution in [3.63, 3.8) is 0 Å². The van der Waals surface area contributed by atoms with Crippen molar-refractivity contribution >= 4 is 23.5 Å². The van der Waals surface area contributed by atoms with Crippen molar-refractivity contribution in [2.24, 2.45) is 7.05 Å². The van der Waals surface area contributed by atoms with Crippen molar-refractivity contribution < 1.29 is 4.79 Å². The average Bonchev–Trinajstić information content (AvgIpc) is 3.59. The highest BCUT2D eigenvalue weighted by Crippen LogP contribution is 2.35. The zero-order valence-electron chi connectivity index (χ0n) is 19.4. The van der Waals surface area contributed by atoms with Crippen LogP contribution in [0.1, 0.15) is 42.9 Å². The first-order valence-corrected chi connectivity index (χ1v) is 12.6. The summed E-state index contributed by atoms with van der Waals surface area (Å²) < 4.78 is 3.78. The van der Waals surface area contributed by atoms with Crippen LogP contribution in [0.25, 0.3) is 17.1 Å². The Kier molecular flexibility index (Phi) is 6.49. The number of para-hydroxylation sites is 1. The Bertz CT molecular complexity index is 1290. The highest BCUT2D eigenvalue weighted by atomic mass is 32.2. The summed E-state index contributed by atoms with van der Waals surface area (Å²) >= 11 is 1.38. The Morgan fingerprint density at radius 1 is 1.06 bits per heavy atom. The lowest BCUT2D eigenvalue weighted by Gasteiger charge is -2.09. The number of carbonyl (C=O) groups is 1. The van der Waals surface area contributed by atoms with Gasteiger partial charge in [0, 0.05) is 24.6 Å². The van der Waals surface area contributed by atoms with Crippen LogP contribution in [0.4, 0.5) is 5.82 Å². The molecule has 0 radical (unpaired) electrons. The van der Waals surface area contributed by atoms with Crippen LogP contribution in [0, 0.1) is 6.92 Å². The summed E-state index contributed by atoms with van der Waals surface area (Å²) in [4.78, 5) is 12.9. The van der Waals surface area contributed by atoms with Crippen molar-refractivity contribution in [1.82, 2.24) is 24.5 Å². The van der Waals surface area contributed by atoms with Crippen molar-refractivity contribution in [3.8, 4) is 17.1 Å². The van der Waals surface area contributed by atoms with E-state index in [0.29, 0.717) is 16.9 Å². The molecule has 1 N–H and O–H groups in total. The Morgan fingerprint density at radius 2 is 1.79 bits per heavy atom. The summed E-state index contributed by atoms with van der Waals surface area (Å²) in [6, 6.07) is 20.1. The normalized spacial score (nSPS) is 13.9. The summed E-state index contributed by atoms with van der Waals surface area (Å²) in [7, 11) is 1.93. The van der Waals surface area contributed by atoms with E-state index in [2.05, 4.69) is 28.5 Å². The van der Waals surface area contributed by atoms with Crippen LogP contribution in [0.3, 0.4) is 0 Å². The molecule has 2 aromatic carbocycles. The highest BCUT2D eigenvalue weighted by Gasteiger charge is 2.23. The zero-order chi connectivity index (χ0) is 23.5. The number of amides is 1. The van der Waals surface area contributed by atoms with Crippen molar-refractivity contribution in [3.05, 3.63) is 71.9 Å². The lowest BCUT2D eigenvalue weighted by molar-refractivity contribution is -0.113. The molecule has 174 valence electrons. The number of aromatic nitrogens is 5. The Balaban J connectivity index is 1.31. The van der Waals surface area contributed by atoms with Gasteiger partial charge in [-0.2, -0.15) is 5.10 Å². The second-order valence-corrected chi connectivity index (χ2v) is 9.64. The number of nitrogens with one attached hydrogen (secondary N) is 1. The number of benzene rings is 2. The molecule has 4 aromatic rings. The van der Waals surface area contributed by atoms with Gasteiger partial charge in [-0.05, 0) is 37.5 Å². The van der Waals surface area contributed by atoms with Gasteiger partial charge in [-0.15, -0.1) is 10.2 Å². The molecule has 2 heterocycles. The van der Waals surface area contributed by atoms with E-state index in [1.165, 1.54) is 24.6 Å². The van der Waals surface area contributed by atoms with Crippen LogP contribution in [-0.4, -0.2) is 36.2 Å². The van der Waals surface area contributed by atoms with Crippen LogP contribution < -0.4 is 5.32 Å². The summed E-state index contributed by atoms with van der Waals surface area (Å²) in [5.41, 5.74) is 4.17. The minimum Gasteiger partial charge on any atom is -0.310 e. The third-order valence-electron chi connectivity index (χ3n) is 6.32. The standard InChI is InChI=1S/C26H28N6OS/c1-18-10-6-9-15-21(18)25-28-29-26(31(25)2)34-17-24(33)27-23-16-22(19-11-7-8-12-19)30-32(23)20-13-4-3-5-14-20/h3-6,9-10,13-16,19H,7-8,11-12,17H2,1-2H3,(H,27,33). The molecule has 2 aromatic heterocycles. The molecule has 1 saturated carbocycles. The predicted molar refractivity (Wildman–Crippen MR) is 135 cm³/mol. The monoisotopic (exact) mass is 472 g/mol. The smallest absolute Gasteiger partial charge is 0.236 e. The molecule has 0 unspecified atom stereocenters. The van der Waals surface area contributed by atoms with E-state index >= 15 is 0 Å². The Labute approximate surface area is 203 Å². The minimum atomic E-state index is -0.0968. The third-order valence-corrected chi connectivity index (χ3v) is 7.34. The Morgan fingerprint density at radius 3 is 2.56 bits per heavy atom. The first-order chi connectivity index (χ1) is 16.6. The number of hydrogen-bond donors (Lipinski definition) is 1. The van der Waals surface area contributed by atoms with E-state index in [4.69, 9.17) is 5.10 Å². The maximum Gasteiger partial charge on any atom is 0.236 e. The molecule has 5 rings (SSSR count). The second kappa shape index (κ2) is 9.85. The van der Waals surface area contributed by atoms with Gasteiger partial charge in [-0.25, -0.2) is 4.68 Å². The van der Waals surface area contributed by atoms with Crippen LogP contribution in [0.2, 0.25) is 0 Å². The highest BCUT2D eigenvalue weighted by molar-refractivity contribution is 7.99. The lowest BCUT2D eigenvalue weighted by Crippen LogP contribution is -2.17. The molecule has 0 aliphatic heterocycles. The van der Waals surface area contributed by atoms with E-state index < -0.39 is 0 Å². The fraction of sp³-hybridized carbons (Fsp3) is 0.308.